The molecule has 0 spiro atoms. The van der Waals surface area contributed by atoms with E-state index in [1.807, 2.05) is 5.32 Å². The molecule has 2 amide bonds. The summed E-state index contributed by atoms with van der Waals surface area (Å²) >= 11 is 5.69. The lowest BCUT2D eigenvalue weighted by Crippen LogP contribution is -2.65. The molecule has 1 atom stereocenters. The number of carbonyl (C=O) groups is 1. The van der Waals surface area contributed by atoms with Crippen molar-refractivity contribution < 1.29 is 40.6 Å². The molecule has 1 aliphatic heterocycles. The van der Waals surface area contributed by atoms with E-state index < -0.39 is 29.9 Å². The van der Waals surface area contributed by atoms with Crippen LogP contribution in [0.4, 0.5) is 36.8 Å². The molecule has 0 aliphatic carbocycles. The van der Waals surface area contributed by atoms with E-state index in [1.54, 1.807) is 0 Å². The van der Waals surface area contributed by atoms with Gasteiger partial charge in [0.25, 0.3) is 0 Å². The Kier molecular flexibility index (Phi) is 4.74. The van der Waals surface area contributed by atoms with Crippen LogP contribution in [0.2, 0.25) is 5.02 Å². The van der Waals surface area contributed by atoms with Crippen molar-refractivity contribution in [3.05, 3.63) is 53.1 Å². The van der Waals surface area contributed by atoms with Crippen LogP contribution in [0, 0.1) is 0 Å². The average Bonchev–Trinajstić information content (AvgIpc) is 2.92. The van der Waals surface area contributed by atoms with Gasteiger partial charge in [-0.25, -0.2) is 4.79 Å². The Morgan fingerprint density at radius 3 is 2.11 bits per heavy atom. The maximum Gasteiger partial charge on any atom is 0.492 e. The van der Waals surface area contributed by atoms with Crippen LogP contribution in [0.5, 0.6) is 11.5 Å². The second-order valence-corrected chi connectivity index (χ2v) is 6.00. The van der Waals surface area contributed by atoms with Crippen LogP contribution in [0.1, 0.15) is 5.56 Å². The van der Waals surface area contributed by atoms with Crippen molar-refractivity contribution in [3.63, 3.8) is 0 Å². The van der Waals surface area contributed by atoms with Crippen LogP contribution >= 0.6 is 11.6 Å². The van der Waals surface area contributed by atoms with Gasteiger partial charge in [-0.1, -0.05) is 11.6 Å². The average molecular weight is 427 g/mol. The molecule has 12 heteroatoms. The SMILES string of the molecule is O=C(Nc1ccc(C(F)(F)F)cc1)N[C@@]1(C(F)(F)F)Oc2ccc(Cl)cc2O1. The molecule has 3 rings (SSSR count). The lowest BCUT2D eigenvalue weighted by atomic mass is 10.2. The summed E-state index contributed by atoms with van der Waals surface area (Å²) in [5.74, 6) is -4.19. The molecule has 0 saturated heterocycles. The molecule has 0 aromatic heterocycles. The normalized spacial score (nSPS) is 18.7. The van der Waals surface area contributed by atoms with Crippen LogP contribution in [0.3, 0.4) is 0 Å². The van der Waals surface area contributed by atoms with E-state index in [2.05, 4.69) is 0 Å². The second-order valence-electron chi connectivity index (χ2n) is 5.56. The molecular weight excluding hydrogens is 418 g/mol. The molecule has 1 heterocycles. The third-order valence-corrected chi connectivity index (χ3v) is 3.77. The van der Waals surface area contributed by atoms with Crippen molar-refractivity contribution in [1.29, 1.82) is 0 Å². The van der Waals surface area contributed by atoms with Gasteiger partial charge < -0.3 is 14.8 Å². The summed E-state index contributed by atoms with van der Waals surface area (Å²) in [5.41, 5.74) is -1.17. The highest BCUT2D eigenvalue weighted by molar-refractivity contribution is 6.30. The maximum absolute atomic E-state index is 13.5. The Morgan fingerprint density at radius 1 is 0.929 bits per heavy atom. The molecular formula is C16H9ClF6N2O3. The Labute approximate surface area is 158 Å². The van der Waals surface area contributed by atoms with Crippen LogP contribution in [0.25, 0.3) is 0 Å². The van der Waals surface area contributed by atoms with Gasteiger partial charge in [0, 0.05) is 16.8 Å². The number of benzene rings is 2. The van der Waals surface area contributed by atoms with Gasteiger partial charge in [-0.2, -0.15) is 26.3 Å². The fourth-order valence-corrected chi connectivity index (χ4v) is 2.43. The molecule has 0 fully saturated rings. The zero-order valence-corrected chi connectivity index (χ0v) is 14.2. The van der Waals surface area contributed by atoms with Crippen LogP contribution in [-0.4, -0.2) is 18.1 Å². The molecule has 0 radical (unpaired) electrons. The van der Waals surface area contributed by atoms with E-state index >= 15 is 0 Å². The first kappa shape index (κ1) is 19.9. The fourth-order valence-electron chi connectivity index (χ4n) is 2.27. The summed E-state index contributed by atoms with van der Waals surface area (Å²) < 4.78 is 87.6. The number of ether oxygens (including phenoxy) is 2. The number of urea groups is 1. The van der Waals surface area contributed by atoms with Crippen molar-refractivity contribution in [3.8, 4) is 11.5 Å². The molecule has 2 aromatic carbocycles. The minimum absolute atomic E-state index is 0.0783. The third kappa shape index (κ3) is 3.88. The zero-order valence-electron chi connectivity index (χ0n) is 13.4. The maximum atomic E-state index is 13.5. The molecule has 150 valence electrons. The Morgan fingerprint density at radius 2 is 1.54 bits per heavy atom. The van der Waals surface area contributed by atoms with Gasteiger partial charge in [-0.3, -0.25) is 5.32 Å². The summed E-state index contributed by atoms with van der Waals surface area (Å²) in [7, 11) is 0. The van der Waals surface area contributed by atoms with Crippen LogP contribution in [0.15, 0.2) is 42.5 Å². The molecule has 28 heavy (non-hydrogen) atoms. The van der Waals surface area contributed by atoms with E-state index in [4.69, 9.17) is 21.1 Å². The predicted molar refractivity (Wildman–Crippen MR) is 85.1 cm³/mol. The van der Waals surface area contributed by atoms with E-state index in [1.165, 1.54) is 11.4 Å². The first-order chi connectivity index (χ1) is 12.9. The van der Waals surface area contributed by atoms with Crippen LogP contribution in [-0.2, 0) is 6.18 Å². The quantitative estimate of drug-likeness (QED) is 0.652. The molecule has 5 nitrogen and oxygen atoms in total. The minimum Gasteiger partial charge on any atom is -0.424 e. The highest BCUT2D eigenvalue weighted by Gasteiger charge is 2.65. The number of carbonyl (C=O) groups excluding carboxylic acids is 1. The smallest absolute Gasteiger partial charge is 0.424 e. The molecule has 2 aromatic rings. The third-order valence-electron chi connectivity index (χ3n) is 3.53. The van der Waals surface area contributed by atoms with Gasteiger partial charge in [0.2, 0.25) is 0 Å². The Balaban J connectivity index is 1.77. The Hall–Kier alpha value is -2.82. The summed E-state index contributed by atoms with van der Waals surface area (Å²) in [6.45, 7) is 0. The van der Waals surface area contributed by atoms with Crippen molar-refractivity contribution in [2.75, 3.05) is 5.32 Å². The Bertz CT molecular complexity index is 901. The number of anilines is 1. The van der Waals surface area contributed by atoms with E-state index in [-0.39, 0.29) is 22.2 Å². The van der Waals surface area contributed by atoms with Gasteiger partial charge in [0.05, 0.1) is 5.56 Å². The largest absolute Gasteiger partial charge is 0.492 e. The topological polar surface area (TPSA) is 59.6 Å². The summed E-state index contributed by atoms with van der Waals surface area (Å²) in [4.78, 5) is 12.0. The van der Waals surface area contributed by atoms with E-state index in [0.29, 0.717) is 12.1 Å². The van der Waals surface area contributed by atoms with Gasteiger partial charge >= 0.3 is 24.3 Å². The lowest BCUT2D eigenvalue weighted by Gasteiger charge is -2.29. The van der Waals surface area contributed by atoms with Gasteiger partial charge in [0.1, 0.15) is 0 Å². The summed E-state index contributed by atoms with van der Waals surface area (Å²) in [6.07, 6.45) is -9.80. The number of nitrogens with one attached hydrogen (secondary N) is 2. The lowest BCUT2D eigenvalue weighted by molar-refractivity contribution is -0.317. The fraction of sp³-hybridized carbons (Fsp3) is 0.188. The number of rotatable bonds is 2. The van der Waals surface area contributed by atoms with Crippen molar-refractivity contribution >= 4 is 23.3 Å². The standard InChI is InChI=1S/C16H9ClF6N2O3/c17-9-3-6-11-12(7-9)28-16(27-11,15(21,22)23)25-13(26)24-10-4-1-8(2-5-10)14(18,19)20/h1-7H,(H2,24,25,26)/t16-/m0/s1. The number of alkyl halides is 6. The van der Waals surface area contributed by atoms with E-state index in [9.17, 15) is 31.1 Å². The molecule has 0 bridgehead atoms. The van der Waals surface area contributed by atoms with Gasteiger partial charge in [-0.15, -0.1) is 0 Å². The molecule has 2 N–H and O–H groups in total. The summed E-state index contributed by atoms with van der Waals surface area (Å²) in [6, 6.07) is 5.13. The molecule has 0 unspecified atom stereocenters. The number of hydrogen-bond acceptors (Lipinski definition) is 3. The highest BCUT2D eigenvalue weighted by Crippen LogP contribution is 2.46. The van der Waals surface area contributed by atoms with Gasteiger partial charge in [-0.05, 0) is 36.4 Å². The number of halogens is 7. The van der Waals surface area contributed by atoms with Gasteiger partial charge in [0.15, 0.2) is 11.5 Å². The van der Waals surface area contributed by atoms with Crippen molar-refractivity contribution in [2.45, 2.75) is 18.3 Å². The van der Waals surface area contributed by atoms with Crippen molar-refractivity contribution in [2.24, 2.45) is 0 Å². The monoisotopic (exact) mass is 426 g/mol. The summed E-state index contributed by atoms with van der Waals surface area (Å²) in [5, 5.41) is 3.56. The first-order valence-corrected chi connectivity index (χ1v) is 7.78. The molecule has 0 saturated carbocycles. The minimum atomic E-state index is -5.20. The zero-order chi connectivity index (χ0) is 20.7. The number of fused-ring (bicyclic) bond motifs is 1. The number of hydrogen-bond donors (Lipinski definition) is 2. The van der Waals surface area contributed by atoms with E-state index in [0.717, 1.165) is 24.3 Å². The second kappa shape index (κ2) is 6.66. The predicted octanol–water partition coefficient (Wildman–Crippen LogP) is 5.17. The van der Waals surface area contributed by atoms with Crippen LogP contribution < -0.4 is 20.1 Å². The first-order valence-electron chi connectivity index (χ1n) is 7.40. The van der Waals surface area contributed by atoms with Crippen molar-refractivity contribution in [1.82, 2.24) is 5.32 Å². The molecule has 1 aliphatic rings. The number of amides is 2. The highest BCUT2D eigenvalue weighted by atomic mass is 35.5.